The lowest BCUT2D eigenvalue weighted by Gasteiger charge is -2.16. The third-order valence-electron chi connectivity index (χ3n) is 5.48. The lowest BCUT2D eigenvalue weighted by molar-refractivity contribution is -0.384. The maximum absolute atomic E-state index is 12.4. The Labute approximate surface area is 225 Å². The van der Waals surface area contributed by atoms with Gasteiger partial charge in [-0.1, -0.05) is 67.1 Å². The van der Waals surface area contributed by atoms with Crippen LogP contribution in [0.3, 0.4) is 0 Å². The van der Waals surface area contributed by atoms with Crippen LogP contribution in [0, 0.1) is 10.1 Å². The van der Waals surface area contributed by atoms with E-state index in [1.807, 2.05) is 25.1 Å². The van der Waals surface area contributed by atoms with Gasteiger partial charge in [0.25, 0.3) is 5.69 Å². The van der Waals surface area contributed by atoms with E-state index in [4.69, 9.17) is 32.7 Å². The number of benzene rings is 2. The molecule has 36 heavy (non-hydrogen) atoms. The Morgan fingerprint density at radius 3 is 2.47 bits per heavy atom. The summed E-state index contributed by atoms with van der Waals surface area (Å²) < 4.78 is 11.0. The molecule has 1 unspecified atom stereocenters. The van der Waals surface area contributed by atoms with Gasteiger partial charge in [0.15, 0.2) is 4.88 Å². The van der Waals surface area contributed by atoms with Crippen molar-refractivity contribution in [1.29, 1.82) is 0 Å². The van der Waals surface area contributed by atoms with Crippen LogP contribution in [-0.4, -0.2) is 26.1 Å². The first kappa shape index (κ1) is 28.0. The third kappa shape index (κ3) is 7.00. The highest BCUT2D eigenvalue weighted by atomic mass is 35.5. The van der Waals surface area contributed by atoms with Crippen molar-refractivity contribution in [2.24, 2.45) is 0 Å². The number of methoxy groups -OCH3 is 1. The second kappa shape index (κ2) is 11.6. The summed E-state index contributed by atoms with van der Waals surface area (Å²) in [6.07, 6.45) is 0.220. The van der Waals surface area contributed by atoms with Gasteiger partial charge in [0, 0.05) is 35.8 Å². The first-order chi connectivity index (χ1) is 16.9. The van der Waals surface area contributed by atoms with Crippen molar-refractivity contribution < 1.29 is 19.2 Å². The number of aryl methyl sites for hydroxylation is 1. The maximum atomic E-state index is 12.4. The molecule has 1 atom stereocenters. The van der Waals surface area contributed by atoms with Crippen LogP contribution in [0.1, 0.15) is 33.8 Å². The molecule has 0 aliphatic rings. The van der Waals surface area contributed by atoms with Crippen molar-refractivity contribution in [1.82, 2.24) is 0 Å². The van der Waals surface area contributed by atoms with Crippen LogP contribution in [-0.2, 0) is 11.2 Å². The molecule has 7 nitrogen and oxygen atoms in total. The average Bonchev–Trinajstić information content (AvgIpc) is 3.19. The molecule has 0 saturated carbocycles. The van der Waals surface area contributed by atoms with E-state index in [9.17, 15) is 14.9 Å². The monoisotopic (exact) mass is 566 g/mol. The third-order valence-corrected chi connectivity index (χ3v) is 8.94. The number of hydrogen-bond donors (Lipinski definition) is 1. The van der Waals surface area contributed by atoms with Crippen LogP contribution in [0.5, 0.6) is 5.75 Å². The second-order valence-corrected chi connectivity index (χ2v) is 17.0. The largest absolute Gasteiger partial charge is 0.484 e. The van der Waals surface area contributed by atoms with Gasteiger partial charge in [0.2, 0.25) is 0 Å². The van der Waals surface area contributed by atoms with Crippen LogP contribution in [0.2, 0.25) is 35.7 Å². The molecule has 11 heteroatoms. The standard InChI is InChI=1S/C25H28Cl2N2O5SSi/c1-15(17-8-6-7-9-18(17)26)34-22-14-23(35-24(22)25(30)33-2)28-20-13-19(27)16(10-11-36(3,4)5)12-21(20)29(31)32/h6-9,12-15,28H,10-11H2,1-5H3. The fraction of sp³-hybridized carbons (Fsp3) is 0.320. The Morgan fingerprint density at radius 2 is 1.86 bits per heavy atom. The van der Waals surface area contributed by atoms with Gasteiger partial charge in [0.1, 0.15) is 17.5 Å². The normalized spacial score (nSPS) is 12.2. The molecule has 1 N–H and O–H groups in total. The van der Waals surface area contributed by atoms with Gasteiger partial charge in [-0.05, 0) is 31.0 Å². The number of nitro groups is 1. The minimum absolute atomic E-state index is 0.0927. The van der Waals surface area contributed by atoms with E-state index in [1.165, 1.54) is 13.2 Å². The molecule has 1 aromatic heterocycles. The number of nitro benzene ring substituents is 1. The summed E-state index contributed by atoms with van der Waals surface area (Å²) in [7, 11) is -0.0723. The SMILES string of the molecule is COC(=O)c1sc(Nc2cc(Cl)c(CC[Si](C)(C)C)cc2[N+](=O)[O-])cc1OC(C)c1ccccc1Cl. The van der Waals surface area contributed by atoms with Crippen molar-refractivity contribution in [2.45, 2.75) is 45.1 Å². The molecular formula is C25H28Cl2N2O5SSi. The number of rotatable bonds is 10. The van der Waals surface area contributed by atoms with Crippen LogP contribution in [0.15, 0.2) is 42.5 Å². The molecule has 0 fully saturated rings. The highest BCUT2D eigenvalue weighted by Crippen LogP contribution is 2.41. The number of anilines is 2. The van der Waals surface area contributed by atoms with Crippen LogP contribution in [0.25, 0.3) is 0 Å². The number of carbonyl (C=O) groups is 1. The summed E-state index contributed by atoms with van der Waals surface area (Å²) in [6, 6.07) is 12.9. The Bertz CT molecular complexity index is 1280. The Morgan fingerprint density at radius 1 is 1.17 bits per heavy atom. The lowest BCUT2D eigenvalue weighted by atomic mass is 10.1. The zero-order valence-corrected chi connectivity index (χ0v) is 24.0. The summed E-state index contributed by atoms with van der Waals surface area (Å²) in [6.45, 7) is 8.55. The van der Waals surface area contributed by atoms with E-state index in [0.717, 1.165) is 28.5 Å². The number of carbonyl (C=O) groups excluding carboxylic acids is 1. The van der Waals surface area contributed by atoms with E-state index < -0.39 is 25.1 Å². The Hall–Kier alpha value is -2.59. The minimum Gasteiger partial charge on any atom is -0.484 e. The highest BCUT2D eigenvalue weighted by molar-refractivity contribution is 7.18. The van der Waals surface area contributed by atoms with Gasteiger partial charge >= 0.3 is 5.97 Å². The summed E-state index contributed by atoms with van der Waals surface area (Å²) in [4.78, 5) is 24.1. The fourth-order valence-electron chi connectivity index (χ4n) is 3.51. The number of nitrogens with zero attached hydrogens (tertiary/aromatic N) is 1. The van der Waals surface area contributed by atoms with E-state index in [-0.39, 0.29) is 22.0 Å². The molecule has 3 rings (SSSR count). The van der Waals surface area contributed by atoms with Crippen molar-refractivity contribution in [3.63, 3.8) is 0 Å². The maximum Gasteiger partial charge on any atom is 0.351 e. The predicted molar refractivity (Wildman–Crippen MR) is 149 cm³/mol. The van der Waals surface area contributed by atoms with Crippen molar-refractivity contribution in [2.75, 3.05) is 12.4 Å². The molecule has 0 aliphatic carbocycles. The van der Waals surface area contributed by atoms with Gasteiger partial charge in [-0.15, -0.1) is 11.3 Å². The molecule has 3 aromatic rings. The van der Waals surface area contributed by atoms with Gasteiger partial charge in [0.05, 0.1) is 17.0 Å². The smallest absolute Gasteiger partial charge is 0.351 e. The zero-order valence-electron chi connectivity index (χ0n) is 20.7. The van der Waals surface area contributed by atoms with Crippen molar-refractivity contribution in [3.8, 4) is 5.75 Å². The zero-order chi connectivity index (χ0) is 26.6. The number of halogens is 2. The van der Waals surface area contributed by atoms with Crippen LogP contribution < -0.4 is 10.1 Å². The van der Waals surface area contributed by atoms with Crippen LogP contribution >= 0.6 is 34.5 Å². The summed E-state index contributed by atoms with van der Waals surface area (Å²) in [5.41, 5.74) is 1.64. The van der Waals surface area contributed by atoms with E-state index in [1.54, 1.807) is 18.2 Å². The average molecular weight is 568 g/mol. The number of nitrogens with one attached hydrogen (secondary N) is 1. The molecule has 0 saturated heterocycles. The summed E-state index contributed by atoms with van der Waals surface area (Å²) in [5.74, 6) is -0.300. The van der Waals surface area contributed by atoms with Gasteiger partial charge in [-0.3, -0.25) is 10.1 Å². The first-order valence-corrected chi connectivity index (χ1v) is 16.5. The predicted octanol–water partition coefficient (Wildman–Crippen LogP) is 8.51. The number of hydrogen-bond acceptors (Lipinski definition) is 7. The van der Waals surface area contributed by atoms with Crippen LogP contribution in [0.4, 0.5) is 16.4 Å². The van der Waals surface area contributed by atoms with E-state index in [0.29, 0.717) is 21.5 Å². The lowest BCUT2D eigenvalue weighted by Crippen LogP contribution is -2.20. The fourth-order valence-corrected chi connectivity index (χ4v) is 6.00. The summed E-state index contributed by atoms with van der Waals surface area (Å²) in [5, 5.41) is 16.4. The first-order valence-electron chi connectivity index (χ1n) is 11.3. The molecule has 0 radical (unpaired) electrons. The van der Waals surface area contributed by atoms with Gasteiger partial charge in [-0.2, -0.15) is 0 Å². The molecule has 0 aliphatic heterocycles. The molecule has 0 amide bonds. The van der Waals surface area contributed by atoms with Crippen molar-refractivity contribution in [3.05, 3.63) is 78.6 Å². The Kier molecular flexibility index (Phi) is 9.05. The summed E-state index contributed by atoms with van der Waals surface area (Å²) >= 11 is 13.9. The number of esters is 1. The molecule has 0 spiro atoms. The quantitative estimate of drug-likeness (QED) is 0.114. The molecule has 2 aromatic carbocycles. The number of ether oxygens (including phenoxy) is 2. The molecule has 192 valence electrons. The highest BCUT2D eigenvalue weighted by Gasteiger charge is 2.24. The molecular weight excluding hydrogens is 539 g/mol. The van der Waals surface area contributed by atoms with E-state index >= 15 is 0 Å². The minimum atomic E-state index is -1.35. The van der Waals surface area contributed by atoms with Gasteiger partial charge < -0.3 is 14.8 Å². The number of thiophene rings is 1. The Balaban J connectivity index is 1.93. The van der Waals surface area contributed by atoms with Crippen molar-refractivity contribution >= 4 is 65.0 Å². The molecule has 1 heterocycles. The van der Waals surface area contributed by atoms with E-state index in [2.05, 4.69) is 25.0 Å². The second-order valence-electron chi connectivity index (χ2n) is 9.48. The van der Waals surface area contributed by atoms with Gasteiger partial charge in [-0.25, -0.2) is 4.79 Å². The molecule has 0 bridgehead atoms. The topological polar surface area (TPSA) is 90.7 Å².